The number of ether oxygens (including phenoxy) is 1. The van der Waals surface area contributed by atoms with E-state index in [4.69, 9.17) is 4.74 Å². The predicted octanol–water partition coefficient (Wildman–Crippen LogP) is 1.87. The van der Waals surface area contributed by atoms with Crippen LogP contribution in [-0.2, 0) is 14.8 Å². The highest BCUT2D eigenvalue weighted by atomic mass is 79.9. The first kappa shape index (κ1) is 16.4. The van der Waals surface area contributed by atoms with Crippen LogP contribution in [0.15, 0.2) is 21.5 Å². The largest absolute Gasteiger partial charge is 0.478 e. The van der Waals surface area contributed by atoms with Crippen LogP contribution < -0.4 is 0 Å². The standard InChI is InChI=1S/C13H16BrNO5S/c1-8-7-20-4-3-15(8)21(18,19)10-5-11(13(16)17)9(2)12(14)6-10/h5-6,8H,3-4,7H2,1-2H3,(H,16,17). The summed E-state index contributed by atoms with van der Waals surface area (Å²) in [6.07, 6.45) is 0. The molecule has 116 valence electrons. The second-order valence-corrected chi connectivity index (χ2v) is 7.67. The smallest absolute Gasteiger partial charge is 0.336 e. The number of carboxylic acids is 1. The van der Waals surface area contributed by atoms with Crippen LogP contribution >= 0.6 is 15.9 Å². The summed E-state index contributed by atoms with van der Waals surface area (Å²) >= 11 is 3.23. The third-order valence-corrected chi connectivity index (χ3v) is 6.28. The van der Waals surface area contributed by atoms with Crippen LogP contribution in [0.4, 0.5) is 0 Å². The molecule has 0 radical (unpaired) electrons. The maximum absolute atomic E-state index is 12.7. The summed E-state index contributed by atoms with van der Waals surface area (Å²) in [5.74, 6) is -1.15. The Morgan fingerprint density at radius 1 is 1.48 bits per heavy atom. The van der Waals surface area contributed by atoms with Crippen LogP contribution in [0.1, 0.15) is 22.8 Å². The zero-order chi connectivity index (χ0) is 15.8. The van der Waals surface area contributed by atoms with Gasteiger partial charge in [-0.25, -0.2) is 13.2 Å². The van der Waals surface area contributed by atoms with Gasteiger partial charge in [0.2, 0.25) is 10.0 Å². The zero-order valence-corrected chi connectivity index (χ0v) is 14.1. The molecule has 21 heavy (non-hydrogen) atoms. The number of carbonyl (C=O) groups is 1. The van der Waals surface area contributed by atoms with Gasteiger partial charge in [-0.3, -0.25) is 0 Å². The van der Waals surface area contributed by atoms with Gasteiger partial charge in [0.15, 0.2) is 0 Å². The molecule has 6 nitrogen and oxygen atoms in total. The number of rotatable bonds is 3. The highest BCUT2D eigenvalue weighted by Crippen LogP contribution is 2.28. The Morgan fingerprint density at radius 3 is 2.71 bits per heavy atom. The molecular formula is C13H16BrNO5S. The van der Waals surface area contributed by atoms with Gasteiger partial charge in [0, 0.05) is 17.1 Å². The molecule has 1 N–H and O–H groups in total. The minimum absolute atomic E-state index is 0.0221. The van der Waals surface area contributed by atoms with Crippen molar-refractivity contribution in [2.24, 2.45) is 0 Å². The fourth-order valence-corrected chi connectivity index (χ4v) is 4.50. The van der Waals surface area contributed by atoms with E-state index >= 15 is 0 Å². The fourth-order valence-electron chi connectivity index (χ4n) is 2.23. The normalized spacial score (nSPS) is 20.4. The number of nitrogens with zero attached hydrogens (tertiary/aromatic N) is 1. The van der Waals surface area contributed by atoms with Gasteiger partial charge in [-0.1, -0.05) is 15.9 Å². The van der Waals surface area contributed by atoms with Gasteiger partial charge in [0.1, 0.15) is 0 Å². The molecule has 1 aromatic rings. The topological polar surface area (TPSA) is 83.9 Å². The van der Waals surface area contributed by atoms with Crippen LogP contribution in [0.5, 0.6) is 0 Å². The minimum Gasteiger partial charge on any atom is -0.478 e. The van der Waals surface area contributed by atoms with Crippen molar-refractivity contribution in [1.82, 2.24) is 4.31 Å². The van der Waals surface area contributed by atoms with Crippen molar-refractivity contribution in [3.05, 3.63) is 27.7 Å². The maximum atomic E-state index is 12.7. The van der Waals surface area contributed by atoms with E-state index in [-0.39, 0.29) is 23.0 Å². The second-order valence-electron chi connectivity index (χ2n) is 4.92. The Morgan fingerprint density at radius 2 is 2.14 bits per heavy atom. The maximum Gasteiger partial charge on any atom is 0.336 e. The van der Waals surface area contributed by atoms with Crippen LogP contribution in [0, 0.1) is 6.92 Å². The van der Waals surface area contributed by atoms with E-state index in [9.17, 15) is 18.3 Å². The Labute approximate surface area is 131 Å². The van der Waals surface area contributed by atoms with E-state index in [1.807, 2.05) is 0 Å². The van der Waals surface area contributed by atoms with Crippen molar-refractivity contribution >= 4 is 31.9 Å². The monoisotopic (exact) mass is 377 g/mol. The first-order valence-electron chi connectivity index (χ1n) is 6.38. The summed E-state index contributed by atoms with van der Waals surface area (Å²) in [5.41, 5.74) is 0.473. The molecule has 0 aliphatic carbocycles. The molecule has 0 amide bonds. The van der Waals surface area contributed by atoms with E-state index in [1.165, 1.54) is 16.4 Å². The highest BCUT2D eigenvalue weighted by molar-refractivity contribution is 9.10. The zero-order valence-electron chi connectivity index (χ0n) is 11.7. The Balaban J connectivity index is 2.52. The fraction of sp³-hybridized carbons (Fsp3) is 0.462. The lowest BCUT2D eigenvalue weighted by Gasteiger charge is -2.32. The third kappa shape index (κ3) is 3.13. The molecule has 1 heterocycles. The molecule has 1 aromatic carbocycles. The van der Waals surface area contributed by atoms with Gasteiger partial charge in [0.25, 0.3) is 0 Å². The van der Waals surface area contributed by atoms with E-state index in [1.54, 1.807) is 13.8 Å². The molecule has 1 atom stereocenters. The lowest BCUT2D eigenvalue weighted by molar-refractivity contribution is 0.0392. The van der Waals surface area contributed by atoms with Crippen LogP contribution in [-0.4, -0.2) is 49.6 Å². The first-order valence-corrected chi connectivity index (χ1v) is 8.61. The Hall–Kier alpha value is -0.960. The van der Waals surface area contributed by atoms with E-state index in [0.29, 0.717) is 23.2 Å². The molecule has 1 aliphatic rings. The molecule has 1 unspecified atom stereocenters. The van der Waals surface area contributed by atoms with Crippen LogP contribution in [0.3, 0.4) is 0 Å². The van der Waals surface area contributed by atoms with E-state index < -0.39 is 16.0 Å². The van der Waals surface area contributed by atoms with Gasteiger partial charge < -0.3 is 9.84 Å². The SMILES string of the molecule is Cc1c(Br)cc(S(=O)(=O)N2CCOCC2C)cc1C(=O)O. The van der Waals surface area contributed by atoms with Crippen molar-refractivity contribution in [1.29, 1.82) is 0 Å². The van der Waals surface area contributed by atoms with E-state index in [2.05, 4.69) is 15.9 Å². The number of carboxylic acid groups (broad SMARTS) is 1. The predicted molar refractivity (Wildman–Crippen MR) is 80.0 cm³/mol. The Kier molecular flexibility index (Phi) is 4.72. The highest BCUT2D eigenvalue weighted by Gasteiger charge is 2.32. The number of benzene rings is 1. The van der Waals surface area contributed by atoms with Crippen molar-refractivity contribution in [2.75, 3.05) is 19.8 Å². The van der Waals surface area contributed by atoms with Gasteiger partial charge in [-0.05, 0) is 31.5 Å². The number of morpholine rings is 1. The number of hydrogen-bond donors (Lipinski definition) is 1. The number of aromatic carboxylic acids is 1. The summed E-state index contributed by atoms with van der Waals surface area (Å²) in [7, 11) is -3.75. The molecule has 2 rings (SSSR count). The molecule has 0 aromatic heterocycles. The first-order chi connectivity index (χ1) is 9.75. The van der Waals surface area contributed by atoms with Crippen molar-refractivity contribution in [3.8, 4) is 0 Å². The van der Waals surface area contributed by atoms with Gasteiger partial charge in [0.05, 0.1) is 23.7 Å². The number of halogens is 1. The minimum atomic E-state index is -3.75. The van der Waals surface area contributed by atoms with Crippen LogP contribution in [0.2, 0.25) is 0 Å². The average molecular weight is 378 g/mol. The van der Waals surface area contributed by atoms with Gasteiger partial charge in [-0.15, -0.1) is 0 Å². The average Bonchev–Trinajstić information content (AvgIpc) is 2.41. The lowest BCUT2D eigenvalue weighted by Crippen LogP contribution is -2.46. The Bertz CT molecular complexity index is 673. The summed E-state index contributed by atoms with van der Waals surface area (Å²) in [5, 5.41) is 9.19. The lowest BCUT2D eigenvalue weighted by atomic mass is 10.1. The quantitative estimate of drug-likeness (QED) is 0.868. The molecule has 8 heteroatoms. The second kappa shape index (κ2) is 6.04. The van der Waals surface area contributed by atoms with Crippen molar-refractivity contribution < 1.29 is 23.1 Å². The summed E-state index contributed by atoms with van der Waals surface area (Å²) in [6.45, 7) is 4.32. The molecular weight excluding hydrogens is 362 g/mol. The molecule has 1 saturated heterocycles. The van der Waals surface area contributed by atoms with Crippen molar-refractivity contribution in [2.45, 2.75) is 24.8 Å². The summed E-state index contributed by atoms with van der Waals surface area (Å²) in [4.78, 5) is 11.2. The molecule has 0 bridgehead atoms. The molecule has 1 fully saturated rings. The molecule has 0 saturated carbocycles. The summed E-state index contributed by atoms with van der Waals surface area (Å²) < 4.78 is 32.4. The number of sulfonamides is 1. The van der Waals surface area contributed by atoms with Gasteiger partial charge >= 0.3 is 5.97 Å². The summed E-state index contributed by atoms with van der Waals surface area (Å²) in [6, 6.07) is 2.37. The van der Waals surface area contributed by atoms with Gasteiger partial charge in [-0.2, -0.15) is 4.31 Å². The van der Waals surface area contributed by atoms with Crippen molar-refractivity contribution in [3.63, 3.8) is 0 Å². The molecule has 1 aliphatic heterocycles. The van der Waals surface area contributed by atoms with Crippen LogP contribution in [0.25, 0.3) is 0 Å². The number of hydrogen-bond acceptors (Lipinski definition) is 4. The third-order valence-electron chi connectivity index (χ3n) is 3.46. The van der Waals surface area contributed by atoms with E-state index in [0.717, 1.165) is 0 Å². The molecule has 0 spiro atoms.